The van der Waals surface area contributed by atoms with Gasteiger partial charge in [-0.05, 0) is 45.1 Å². The van der Waals surface area contributed by atoms with Crippen molar-refractivity contribution in [1.82, 2.24) is 25.1 Å². The van der Waals surface area contributed by atoms with Crippen LogP contribution >= 0.6 is 12.4 Å². The maximum absolute atomic E-state index is 12.7. The van der Waals surface area contributed by atoms with E-state index in [4.69, 9.17) is 0 Å². The second kappa shape index (κ2) is 8.48. The van der Waals surface area contributed by atoms with Gasteiger partial charge in [-0.2, -0.15) is 9.40 Å². The van der Waals surface area contributed by atoms with E-state index in [-0.39, 0.29) is 35.2 Å². The van der Waals surface area contributed by atoms with E-state index < -0.39 is 10.0 Å². The van der Waals surface area contributed by atoms with Crippen molar-refractivity contribution in [3.8, 4) is 0 Å². The summed E-state index contributed by atoms with van der Waals surface area (Å²) < 4.78 is 27.0. The summed E-state index contributed by atoms with van der Waals surface area (Å²) in [6.45, 7) is 4.06. The predicted molar refractivity (Wildman–Crippen MR) is 96.1 cm³/mol. The van der Waals surface area contributed by atoms with Crippen LogP contribution in [-0.2, 0) is 14.8 Å². The number of amides is 1. The molecule has 0 saturated carbocycles. The molecule has 3 heterocycles. The van der Waals surface area contributed by atoms with E-state index in [0.717, 1.165) is 32.2 Å². The molecule has 0 spiro atoms. The fourth-order valence-corrected chi connectivity index (χ4v) is 5.10. The van der Waals surface area contributed by atoms with Gasteiger partial charge >= 0.3 is 0 Å². The van der Waals surface area contributed by atoms with Crippen molar-refractivity contribution in [1.29, 1.82) is 0 Å². The standard InChI is InChI=1S/C15H25N5O3S.ClH/c1-11-14(9-18-19-11)24(22,23)20-7-3-4-12(10-20)8-17-15(21)13-5-2-6-16-13;/h9,12-13,16H,2-8,10H2,1H3,(H,17,21)(H,18,19);1H. The summed E-state index contributed by atoms with van der Waals surface area (Å²) in [5, 5.41) is 12.6. The molecule has 3 rings (SSSR count). The molecule has 2 unspecified atom stereocenters. The van der Waals surface area contributed by atoms with E-state index in [9.17, 15) is 13.2 Å². The number of carbonyl (C=O) groups is 1. The zero-order valence-corrected chi connectivity index (χ0v) is 16.0. The van der Waals surface area contributed by atoms with Crippen LogP contribution in [0.4, 0.5) is 0 Å². The lowest BCUT2D eigenvalue weighted by Crippen LogP contribution is -2.46. The number of piperidine rings is 1. The maximum Gasteiger partial charge on any atom is 0.246 e. The van der Waals surface area contributed by atoms with E-state index in [0.29, 0.717) is 25.3 Å². The van der Waals surface area contributed by atoms with Crippen molar-refractivity contribution in [3.05, 3.63) is 11.9 Å². The van der Waals surface area contributed by atoms with Gasteiger partial charge < -0.3 is 10.6 Å². The number of rotatable bonds is 5. The molecule has 142 valence electrons. The number of hydrogen-bond donors (Lipinski definition) is 3. The third kappa shape index (κ3) is 4.52. The zero-order chi connectivity index (χ0) is 17.2. The molecular formula is C15H26ClN5O3S. The van der Waals surface area contributed by atoms with Gasteiger partial charge in [-0.15, -0.1) is 12.4 Å². The lowest BCUT2D eigenvalue weighted by atomic mass is 9.99. The Morgan fingerprint density at radius 1 is 1.40 bits per heavy atom. The molecule has 8 nitrogen and oxygen atoms in total. The van der Waals surface area contributed by atoms with Gasteiger partial charge in [0, 0.05) is 19.6 Å². The minimum atomic E-state index is -3.52. The van der Waals surface area contributed by atoms with Crippen molar-refractivity contribution in [2.24, 2.45) is 5.92 Å². The molecule has 10 heteroatoms. The molecule has 0 aromatic carbocycles. The molecule has 2 atom stereocenters. The highest BCUT2D eigenvalue weighted by Crippen LogP contribution is 2.24. The van der Waals surface area contributed by atoms with Gasteiger partial charge in [0.25, 0.3) is 0 Å². The van der Waals surface area contributed by atoms with Crippen LogP contribution in [-0.4, -0.2) is 61.0 Å². The largest absolute Gasteiger partial charge is 0.354 e. The van der Waals surface area contributed by atoms with Crippen LogP contribution in [0.3, 0.4) is 0 Å². The number of sulfonamides is 1. The zero-order valence-electron chi connectivity index (χ0n) is 14.3. The van der Waals surface area contributed by atoms with Gasteiger partial charge in [-0.25, -0.2) is 8.42 Å². The average molecular weight is 392 g/mol. The lowest BCUT2D eigenvalue weighted by molar-refractivity contribution is -0.123. The number of aromatic nitrogens is 2. The Labute approximate surface area is 154 Å². The summed E-state index contributed by atoms with van der Waals surface area (Å²) in [4.78, 5) is 12.3. The number of nitrogens with one attached hydrogen (secondary N) is 3. The molecule has 0 radical (unpaired) electrons. The van der Waals surface area contributed by atoms with Gasteiger partial charge in [-0.3, -0.25) is 9.89 Å². The third-order valence-corrected chi connectivity index (χ3v) is 6.80. The molecule has 0 aliphatic carbocycles. The fraction of sp³-hybridized carbons (Fsp3) is 0.733. The number of aryl methyl sites for hydroxylation is 1. The van der Waals surface area contributed by atoms with Gasteiger partial charge in [0.15, 0.2) is 0 Å². The number of nitrogens with zero attached hydrogens (tertiary/aromatic N) is 2. The van der Waals surface area contributed by atoms with E-state index >= 15 is 0 Å². The minimum absolute atomic E-state index is 0. The second-order valence-electron chi connectivity index (χ2n) is 6.62. The van der Waals surface area contributed by atoms with Crippen molar-refractivity contribution in [2.75, 3.05) is 26.2 Å². The number of carbonyl (C=O) groups excluding carboxylic acids is 1. The summed E-state index contributed by atoms with van der Waals surface area (Å²) in [7, 11) is -3.52. The van der Waals surface area contributed by atoms with Gasteiger partial charge in [0.05, 0.1) is 17.9 Å². The van der Waals surface area contributed by atoms with Gasteiger partial charge in [0.1, 0.15) is 4.90 Å². The first kappa shape index (κ1) is 20.2. The summed E-state index contributed by atoms with van der Waals surface area (Å²) in [6, 6.07) is -0.0954. The summed E-state index contributed by atoms with van der Waals surface area (Å²) in [6.07, 6.45) is 4.99. The Morgan fingerprint density at radius 3 is 2.84 bits per heavy atom. The molecule has 2 fully saturated rings. The SMILES string of the molecule is Cc1[nH]ncc1S(=O)(=O)N1CCCC(CNC(=O)C2CCCN2)C1.Cl. The minimum Gasteiger partial charge on any atom is -0.354 e. The highest BCUT2D eigenvalue weighted by atomic mass is 35.5. The Morgan fingerprint density at radius 2 is 2.20 bits per heavy atom. The maximum atomic E-state index is 12.7. The molecular weight excluding hydrogens is 366 g/mol. The van der Waals surface area contributed by atoms with E-state index in [1.807, 2.05) is 0 Å². The van der Waals surface area contributed by atoms with Gasteiger partial charge in [-0.1, -0.05) is 0 Å². The molecule has 3 N–H and O–H groups in total. The summed E-state index contributed by atoms with van der Waals surface area (Å²) >= 11 is 0. The number of halogens is 1. The quantitative estimate of drug-likeness (QED) is 0.673. The Bertz CT molecular complexity index is 687. The van der Waals surface area contributed by atoms with Crippen LogP contribution in [0.5, 0.6) is 0 Å². The Kier molecular flexibility index (Phi) is 6.84. The molecule has 1 aromatic rings. The van der Waals surface area contributed by atoms with Crippen LogP contribution in [0.25, 0.3) is 0 Å². The normalized spacial score (nSPS) is 24.7. The Balaban J connectivity index is 0.00000225. The van der Waals surface area contributed by atoms with Crippen LogP contribution in [0.1, 0.15) is 31.4 Å². The molecule has 2 saturated heterocycles. The average Bonchev–Trinajstić information content (AvgIpc) is 3.24. The molecule has 1 amide bonds. The smallest absolute Gasteiger partial charge is 0.246 e. The highest BCUT2D eigenvalue weighted by molar-refractivity contribution is 7.89. The van der Waals surface area contributed by atoms with Crippen LogP contribution in [0, 0.1) is 12.8 Å². The topological polar surface area (TPSA) is 107 Å². The van der Waals surface area contributed by atoms with Crippen molar-refractivity contribution >= 4 is 28.3 Å². The highest BCUT2D eigenvalue weighted by Gasteiger charge is 2.32. The predicted octanol–water partition coefficient (Wildman–Crippen LogP) is 0.409. The first-order valence-electron chi connectivity index (χ1n) is 8.49. The molecule has 25 heavy (non-hydrogen) atoms. The van der Waals surface area contributed by atoms with Crippen molar-refractivity contribution in [2.45, 2.75) is 43.5 Å². The number of H-pyrrole nitrogens is 1. The van der Waals surface area contributed by atoms with E-state index in [1.165, 1.54) is 10.5 Å². The van der Waals surface area contributed by atoms with E-state index in [2.05, 4.69) is 20.8 Å². The monoisotopic (exact) mass is 391 g/mol. The molecule has 2 aliphatic heterocycles. The summed E-state index contributed by atoms with van der Waals surface area (Å²) in [5.74, 6) is 0.171. The van der Waals surface area contributed by atoms with E-state index in [1.54, 1.807) is 6.92 Å². The number of aromatic amines is 1. The Hall–Kier alpha value is -1.16. The number of hydrogen-bond acceptors (Lipinski definition) is 5. The molecule has 1 aromatic heterocycles. The van der Waals surface area contributed by atoms with Crippen LogP contribution in [0.15, 0.2) is 11.1 Å². The van der Waals surface area contributed by atoms with Crippen molar-refractivity contribution in [3.63, 3.8) is 0 Å². The lowest BCUT2D eigenvalue weighted by Gasteiger charge is -2.32. The molecule has 0 bridgehead atoms. The molecule has 2 aliphatic rings. The first-order valence-corrected chi connectivity index (χ1v) is 9.93. The van der Waals surface area contributed by atoms with Crippen LogP contribution in [0.2, 0.25) is 0 Å². The first-order chi connectivity index (χ1) is 11.5. The third-order valence-electron chi connectivity index (χ3n) is 4.82. The van der Waals surface area contributed by atoms with Gasteiger partial charge in [0.2, 0.25) is 15.9 Å². The van der Waals surface area contributed by atoms with Crippen molar-refractivity contribution < 1.29 is 13.2 Å². The summed E-state index contributed by atoms with van der Waals surface area (Å²) in [5.41, 5.74) is 0.553. The van der Waals surface area contributed by atoms with Crippen LogP contribution < -0.4 is 10.6 Å². The fourth-order valence-electron chi connectivity index (χ4n) is 3.43. The second-order valence-corrected chi connectivity index (χ2v) is 8.53.